The predicted octanol–water partition coefficient (Wildman–Crippen LogP) is 4.62. The van der Waals surface area contributed by atoms with E-state index in [0.717, 1.165) is 42.7 Å². The van der Waals surface area contributed by atoms with E-state index in [0.29, 0.717) is 11.3 Å². The molecule has 0 bridgehead atoms. The Bertz CT molecular complexity index is 774. The number of hydrogen-bond donors (Lipinski definition) is 2. The highest BCUT2D eigenvalue weighted by atomic mass is 16.2. The van der Waals surface area contributed by atoms with Gasteiger partial charge >= 0.3 is 0 Å². The zero-order chi connectivity index (χ0) is 20.5. The van der Waals surface area contributed by atoms with Crippen LogP contribution in [0.2, 0.25) is 0 Å². The Labute approximate surface area is 168 Å². The molecule has 5 heteroatoms. The first kappa shape index (κ1) is 21.5. The van der Waals surface area contributed by atoms with Gasteiger partial charge in [0.15, 0.2) is 0 Å². The third-order valence-electron chi connectivity index (χ3n) is 4.36. The molecule has 0 saturated carbocycles. The second-order valence-electron chi connectivity index (χ2n) is 7.15. The first-order valence-corrected chi connectivity index (χ1v) is 9.94. The van der Waals surface area contributed by atoms with E-state index in [2.05, 4.69) is 30.5 Å². The summed E-state index contributed by atoms with van der Waals surface area (Å²) in [5.41, 5.74) is 4.57. The minimum absolute atomic E-state index is 0.0399. The Morgan fingerprint density at radius 1 is 0.857 bits per heavy atom. The van der Waals surface area contributed by atoms with Gasteiger partial charge in [-0.2, -0.15) is 0 Å². The van der Waals surface area contributed by atoms with Crippen molar-refractivity contribution in [3.05, 3.63) is 59.2 Å². The maximum absolute atomic E-state index is 12.6. The van der Waals surface area contributed by atoms with E-state index < -0.39 is 0 Å². The summed E-state index contributed by atoms with van der Waals surface area (Å²) < 4.78 is 0. The van der Waals surface area contributed by atoms with E-state index in [4.69, 9.17) is 0 Å². The smallest absolute Gasteiger partial charge is 0.253 e. The molecule has 0 fully saturated rings. The van der Waals surface area contributed by atoms with Crippen LogP contribution in [0.15, 0.2) is 42.5 Å². The Morgan fingerprint density at radius 3 is 1.96 bits per heavy atom. The fourth-order valence-corrected chi connectivity index (χ4v) is 3.20. The number of nitrogens with zero attached hydrogens (tertiary/aromatic N) is 1. The summed E-state index contributed by atoms with van der Waals surface area (Å²) in [6.45, 7) is 9.91. The van der Waals surface area contributed by atoms with Gasteiger partial charge in [0, 0.05) is 30.0 Å². The van der Waals surface area contributed by atoms with Crippen molar-refractivity contribution in [2.75, 3.05) is 30.3 Å². The third-order valence-corrected chi connectivity index (χ3v) is 4.36. The molecule has 28 heavy (non-hydrogen) atoms. The number of anilines is 2. The van der Waals surface area contributed by atoms with E-state index in [1.165, 1.54) is 0 Å². The molecule has 2 rings (SSSR count). The molecule has 0 radical (unpaired) electrons. The summed E-state index contributed by atoms with van der Waals surface area (Å²) in [5.74, 6) is -0.0881. The maximum atomic E-state index is 12.6. The molecule has 0 saturated heterocycles. The Morgan fingerprint density at radius 2 is 1.43 bits per heavy atom. The Hall–Kier alpha value is -2.82. The van der Waals surface area contributed by atoms with Gasteiger partial charge in [0.1, 0.15) is 0 Å². The number of aryl methyl sites for hydroxylation is 2. The van der Waals surface area contributed by atoms with Crippen molar-refractivity contribution in [2.45, 2.75) is 40.5 Å². The molecule has 2 aromatic carbocycles. The van der Waals surface area contributed by atoms with E-state index in [1.54, 1.807) is 24.3 Å². The van der Waals surface area contributed by atoms with Crippen molar-refractivity contribution in [1.82, 2.24) is 4.90 Å². The van der Waals surface area contributed by atoms with Crippen LogP contribution >= 0.6 is 0 Å². The van der Waals surface area contributed by atoms with Gasteiger partial charge in [-0.1, -0.05) is 19.9 Å². The number of nitrogens with one attached hydrogen (secondary N) is 2. The first-order chi connectivity index (χ1) is 13.4. The Balaban J connectivity index is 1.92. The minimum Gasteiger partial charge on any atom is -0.376 e. The van der Waals surface area contributed by atoms with Crippen molar-refractivity contribution in [3.63, 3.8) is 0 Å². The van der Waals surface area contributed by atoms with Crippen LogP contribution in [-0.2, 0) is 4.79 Å². The van der Waals surface area contributed by atoms with E-state index >= 15 is 0 Å². The van der Waals surface area contributed by atoms with Crippen molar-refractivity contribution in [3.8, 4) is 0 Å². The number of carbonyl (C=O) groups excluding carboxylic acids is 2. The van der Waals surface area contributed by atoms with Gasteiger partial charge in [-0.15, -0.1) is 0 Å². The lowest BCUT2D eigenvalue weighted by Crippen LogP contribution is -2.32. The second kappa shape index (κ2) is 10.5. The molecule has 150 valence electrons. The van der Waals surface area contributed by atoms with Gasteiger partial charge < -0.3 is 15.5 Å². The highest BCUT2D eigenvalue weighted by Gasteiger charge is 2.14. The number of amides is 2. The van der Waals surface area contributed by atoms with Gasteiger partial charge in [-0.3, -0.25) is 9.59 Å². The lowest BCUT2D eigenvalue weighted by molar-refractivity contribution is -0.114. The van der Waals surface area contributed by atoms with Crippen LogP contribution in [0.3, 0.4) is 0 Å². The summed E-state index contributed by atoms with van der Waals surface area (Å²) in [7, 11) is 0. The SMILES string of the molecule is CCCN(CCC)C(=O)c1ccc(NC(=O)CNc2cc(C)cc(C)c2)cc1. The van der Waals surface area contributed by atoms with E-state index in [9.17, 15) is 9.59 Å². The molecule has 2 N–H and O–H groups in total. The molecule has 0 atom stereocenters. The molecule has 0 aliphatic carbocycles. The van der Waals surface area contributed by atoms with E-state index in [-0.39, 0.29) is 18.4 Å². The van der Waals surface area contributed by atoms with Crippen LogP contribution < -0.4 is 10.6 Å². The second-order valence-corrected chi connectivity index (χ2v) is 7.15. The number of rotatable bonds is 9. The summed E-state index contributed by atoms with van der Waals surface area (Å²) in [6.07, 6.45) is 1.88. The number of carbonyl (C=O) groups is 2. The standard InChI is InChI=1S/C23H31N3O2/c1-5-11-26(12-6-2)23(28)19-7-9-20(10-8-19)25-22(27)16-24-21-14-17(3)13-18(4)15-21/h7-10,13-15,24H,5-6,11-12,16H2,1-4H3,(H,25,27). The quantitative estimate of drug-likeness (QED) is 0.666. The number of benzene rings is 2. The summed E-state index contributed by atoms with van der Waals surface area (Å²) >= 11 is 0. The highest BCUT2D eigenvalue weighted by molar-refractivity contribution is 5.96. The van der Waals surface area contributed by atoms with Crippen molar-refractivity contribution < 1.29 is 9.59 Å². The van der Waals surface area contributed by atoms with E-state index in [1.807, 2.05) is 30.9 Å². The topological polar surface area (TPSA) is 61.4 Å². The van der Waals surface area contributed by atoms with Gasteiger partial charge in [0.05, 0.1) is 6.54 Å². The summed E-state index contributed by atoms with van der Waals surface area (Å²) in [5, 5.41) is 6.01. The van der Waals surface area contributed by atoms with Crippen molar-refractivity contribution in [1.29, 1.82) is 0 Å². The molecule has 2 aromatic rings. The molecule has 0 aliphatic rings. The van der Waals surface area contributed by atoms with Crippen molar-refractivity contribution >= 4 is 23.2 Å². The maximum Gasteiger partial charge on any atom is 0.253 e. The lowest BCUT2D eigenvalue weighted by Gasteiger charge is -2.21. The minimum atomic E-state index is -0.128. The summed E-state index contributed by atoms with van der Waals surface area (Å²) in [6, 6.07) is 13.2. The van der Waals surface area contributed by atoms with Crippen LogP contribution in [0.5, 0.6) is 0 Å². The lowest BCUT2D eigenvalue weighted by atomic mass is 10.1. The van der Waals surface area contributed by atoms with Crippen molar-refractivity contribution in [2.24, 2.45) is 0 Å². The van der Waals surface area contributed by atoms with Gasteiger partial charge in [0.2, 0.25) is 5.91 Å². The molecule has 5 nitrogen and oxygen atoms in total. The van der Waals surface area contributed by atoms with Crippen LogP contribution in [0.4, 0.5) is 11.4 Å². The third kappa shape index (κ3) is 6.41. The van der Waals surface area contributed by atoms with Crippen LogP contribution in [0, 0.1) is 13.8 Å². The zero-order valence-corrected chi connectivity index (χ0v) is 17.3. The largest absolute Gasteiger partial charge is 0.376 e. The summed E-state index contributed by atoms with van der Waals surface area (Å²) in [4.78, 5) is 26.7. The van der Waals surface area contributed by atoms with Crippen LogP contribution in [0.25, 0.3) is 0 Å². The van der Waals surface area contributed by atoms with Gasteiger partial charge in [0.25, 0.3) is 5.91 Å². The van der Waals surface area contributed by atoms with Crippen LogP contribution in [0.1, 0.15) is 48.2 Å². The zero-order valence-electron chi connectivity index (χ0n) is 17.3. The molecule has 0 aliphatic heterocycles. The van der Waals surface area contributed by atoms with Gasteiger partial charge in [-0.25, -0.2) is 0 Å². The highest BCUT2D eigenvalue weighted by Crippen LogP contribution is 2.15. The molecular formula is C23H31N3O2. The fourth-order valence-electron chi connectivity index (χ4n) is 3.20. The van der Waals surface area contributed by atoms with Crippen LogP contribution in [-0.4, -0.2) is 36.3 Å². The predicted molar refractivity (Wildman–Crippen MR) is 116 cm³/mol. The molecule has 0 heterocycles. The number of hydrogen-bond acceptors (Lipinski definition) is 3. The average Bonchev–Trinajstić information content (AvgIpc) is 2.65. The molecular weight excluding hydrogens is 350 g/mol. The first-order valence-electron chi connectivity index (χ1n) is 9.94. The molecule has 2 amide bonds. The average molecular weight is 382 g/mol. The van der Waals surface area contributed by atoms with Gasteiger partial charge in [-0.05, 0) is 74.2 Å². The monoisotopic (exact) mass is 381 g/mol. The molecule has 0 aromatic heterocycles. The Kier molecular flexibility index (Phi) is 8.05. The molecule has 0 unspecified atom stereocenters. The fraction of sp³-hybridized carbons (Fsp3) is 0.391. The molecule has 0 spiro atoms. The normalized spacial score (nSPS) is 10.4.